The second-order valence-corrected chi connectivity index (χ2v) is 5.94. The van der Waals surface area contributed by atoms with E-state index in [1.54, 1.807) is 19.1 Å². The number of benzene rings is 1. The molecule has 21 heavy (non-hydrogen) atoms. The quantitative estimate of drug-likeness (QED) is 0.731. The Kier molecular flexibility index (Phi) is 4.63. The highest BCUT2D eigenvalue weighted by Gasteiger charge is 2.42. The summed E-state index contributed by atoms with van der Waals surface area (Å²) in [4.78, 5) is 24.0. The Bertz CT molecular complexity index is 538. The molecule has 5 heteroatoms. The summed E-state index contributed by atoms with van der Waals surface area (Å²) in [6.45, 7) is 4.13. The Morgan fingerprint density at radius 1 is 1.38 bits per heavy atom. The summed E-state index contributed by atoms with van der Waals surface area (Å²) < 4.78 is 0. The van der Waals surface area contributed by atoms with Gasteiger partial charge in [-0.25, -0.2) is 0 Å². The third-order valence-electron chi connectivity index (χ3n) is 3.95. The SMILES string of the molecule is Cc1cccc(C(=O)NC(C)C(=O)NCC2(CO)CC2)c1. The van der Waals surface area contributed by atoms with E-state index in [0.717, 1.165) is 18.4 Å². The molecule has 1 fully saturated rings. The van der Waals surface area contributed by atoms with Gasteiger partial charge in [0.25, 0.3) is 5.91 Å². The lowest BCUT2D eigenvalue weighted by Crippen LogP contribution is -2.46. The molecule has 0 bridgehead atoms. The van der Waals surface area contributed by atoms with Crippen molar-refractivity contribution in [2.75, 3.05) is 13.2 Å². The molecule has 1 atom stereocenters. The van der Waals surface area contributed by atoms with Gasteiger partial charge in [-0.15, -0.1) is 0 Å². The summed E-state index contributed by atoms with van der Waals surface area (Å²) >= 11 is 0. The number of aliphatic hydroxyl groups excluding tert-OH is 1. The van der Waals surface area contributed by atoms with Crippen molar-refractivity contribution in [1.82, 2.24) is 10.6 Å². The first-order chi connectivity index (χ1) is 9.96. The van der Waals surface area contributed by atoms with Gasteiger partial charge in [-0.2, -0.15) is 0 Å². The summed E-state index contributed by atoms with van der Waals surface area (Å²) in [6.07, 6.45) is 1.88. The minimum absolute atomic E-state index is 0.0946. The molecular formula is C16H22N2O3. The smallest absolute Gasteiger partial charge is 0.251 e. The van der Waals surface area contributed by atoms with Crippen LogP contribution in [0.2, 0.25) is 0 Å². The van der Waals surface area contributed by atoms with Gasteiger partial charge >= 0.3 is 0 Å². The van der Waals surface area contributed by atoms with Crippen LogP contribution in [-0.2, 0) is 4.79 Å². The molecule has 2 amide bonds. The van der Waals surface area contributed by atoms with E-state index in [1.807, 2.05) is 19.1 Å². The third-order valence-corrected chi connectivity index (χ3v) is 3.95. The molecular weight excluding hydrogens is 268 g/mol. The van der Waals surface area contributed by atoms with Gasteiger partial charge in [0.15, 0.2) is 0 Å². The van der Waals surface area contributed by atoms with Crippen LogP contribution in [0.3, 0.4) is 0 Å². The van der Waals surface area contributed by atoms with Gasteiger partial charge in [-0.05, 0) is 38.8 Å². The topological polar surface area (TPSA) is 78.4 Å². The maximum atomic E-state index is 12.1. The number of hydrogen-bond donors (Lipinski definition) is 3. The number of aliphatic hydroxyl groups is 1. The summed E-state index contributed by atoms with van der Waals surface area (Å²) in [6, 6.07) is 6.62. The van der Waals surface area contributed by atoms with Crippen LogP contribution in [-0.4, -0.2) is 36.1 Å². The van der Waals surface area contributed by atoms with E-state index in [1.165, 1.54) is 0 Å². The van der Waals surface area contributed by atoms with E-state index in [9.17, 15) is 14.7 Å². The van der Waals surface area contributed by atoms with Gasteiger partial charge in [0.2, 0.25) is 5.91 Å². The van der Waals surface area contributed by atoms with Crippen LogP contribution < -0.4 is 10.6 Å². The molecule has 0 heterocycles. The standard InChI is InChI=1S/C16H22N2O3/c1-11-4-3-5-13(8-11)15(21)18-12(2)14(20)17-9-16(10-19)6-7-16/h3-5,8,12,19H,6-7,9-10H2,1-2H3,(H,17,20)(H,18,21). The average molecular weight is 290 g/mol. The maximum absolute atomic E-state index is 12.1. The second-order valence-electron chi connectivity index (χ2n) is 5.94. The Morgan fingerprint density at radius 3 is 2.67 bits per heavy atom. The molecule has 1 aliphatic carbocycles. The zero-order chi connectivity index (χ0) is 15.5. The summed E-state index contributed by atoms with van der Waals surface area (Å²) in [5.74, 6) is -0.486. The Balaban J connectivity index is 1.84. The Hall–Kier alpha value is -1.88. The van der Waals surface area contributed by atoms with E-state index in [4.69, 9.17) is 0 Å². The van der Waals surface area contributed by atoms with E-state index >= 15 is 0 Å². The maximum Gasteiger partial charge on any atom is 0.251 e. The fourth-order valence-corrected chi connectivity index (χ4v) is 2.13. The normalized spacial score (nSPS) is 16.9. The average Bonchev–Trinajstić information content (AvgIpc) is 3.25. The van der Waals surface area contributed by atoms with E-state index in [2.05, 4.69) is 10.6 Å². The van der Waals surface area contributed by atoms with Crippen LogP contribution in [0.25, 0.3) is 0 Å². The molecule has 1 aliphatic rings. The molecule has 0 radical (unpaired) electrons. The van der Waals surface area contributed by atoms with Crippen molar-refractivity contribution in [3.05, 3.63) is 35.4 Å². The van der Waals surface area contributed by atoms with Crippen molar-refractivity contribution in [3.63, 3.8) is 0 Å². The first-order valence-corrected chi connectivity index (χ1v) is 7.22. The van der Waals surface area contributed by atoms with Crippen LogP contribution in [0.15, 0.2) is 24.3 Å². The number of hydrogen-bond acceptors (Lipinski definition) is 3. The van der Waals surface area contributed by atoms with Gasteiger partial charge in [-0.1, -0.05) is 17.7 Å². The van der Waals surface area contributed by atoms with Crippen LogP contribution in [0.5, 0.6) is 0 Å². The van der Waals surface area contributed by atoms with Gasteiger partial charge in [0.05, 0.1) is 6.61 Å². The predicted octanol–water partition coefficient (Wildman–Crippen LogP) is 1.00. The molecule has 2 rings (SSSR count). The molecule has 1 saturated carbocycles. The third kappa shape index (κ3) is 4.04. The molecule has 114 valence electrons. The minimum Gasteiger partial charge on any atom is -0.396 e. The van der Waals surface area contributed by atoms with Crippen molar-refractivity contribution in [1.29, 1.82) is 0 Å². The second kappa shape index (κ2) is 6.26. The first kappa shape index (κ1) is 15.5. The summed E-state index contributed by atoms with van der Waals surface area (Å²) in [7, 11) is 0. The summed E-state index contributed by atoms with van der Waals surface area (Å²) in [5.41, 5.74) is 1.41. The van der Waals surface area contributed by atoms with E-state index in [0.29, 0.717) is 12.1 Å². The van der Waals surface area contributed by atoms with Crippen LogP contribution in [0.1, 0.15) is 35.7 Å². The highest BCUT2D eigenvalue weighted by atomic mass is 16.3. The molecule has 1 aromatic carbocycles. The van der Waals surface area contributed by atoms with E-state index in [-0.39, 0.29) is 23.8 Å². The van der Waals surface area contributed by atoms with Gasteiger partial charge in [-0.3, -0.25) is 9.59 Å². The van der Waals surface area contributed by atoms with Gasteiger partial charge in [0.1, 0.15) is 6.04 Å². The number of aryl methyl sites for hydroxylation is 1. The van der Waals surface area contributed by atoms with Gasteiger partial charge < -0.3 is 15.7 Å². The number of carbonyl (C=O) groups is 2. The molecule has 0 aromatic heterocycles. The zero-order valence-corrected chi connectivity index (χ0v) is 12.5. The van der Waals surface area contributed by atoms with Crippen LogP contribution in [0, 0.1) is 12.3 Å². The van der Waals surface area contributed by atoms with Crippen molar-refractivity contribution in [2.45, 2.75) is 32.7 Å². The first-order valence-electron chi connectivity index (χ1n) is 7.22. The molecule has 0 saturated heterocycles. The zero-order valence-electron chi connectivity index (χ0n) is 12.5. The van der Waals surface area contributed by atoms with Crippen molar-refractivity contribution < 1.29 is 14.7 Å². The molecule has 0 aliphatic heterocycles. The Morgan fingerprint density at radius 2 is 2.10 bits per heavy atom. The monoisotopic (exact) mass is 290 g/mol. The fraction of sp³-hybridized carbons (Fsp3) is 0.500. The number of amides is 2. The van der Waals surface area contributed by atoms with Gasteiger partial charge in [0, 0.05) is 17.5 Å². The molecule has 3 N–H and O–H groups in total. The van der Waals surface area contributed by atoms with Crippen LogP contribution >= 0.6 is 0 Å². The molecule has 0 spiro atoms. The Labute approximate surface area is 124 Å². The van der Waals surface area contributed by atoms with E-state index < -0.39 is 6.04 Å². The van der Waals surface area contributed by atoms with Crippen molar-refractivity contribution in [3.8, 4) is 0 Å². The number of carbonyl (C=O) groups excluding carboxylic acids is 2. The number of nitrogens with one attached hydrogen (secondary N) is 2. The van der Waals surface area contributed by atoms with Crippen LogP contribution in [0.4, 0.5) is 0 Å². The lowest BCUT2D eigenvalue weighted by molar-refractivity contribution is -0.122. The van der Waals surface area contributed by atoms with Crippen molar-refractivity contribution >= 4 is 11.8 Å². The predicted molar refractivity (Wildman–Crippen MR) is 79.9 cm³/mol. The lowest BCUT2D eigenvalue weighted by Gasteiger charge is -2.17. The fourth-order valence-electron chi connectivity index (χ4n) is 2.13. The highest BCUT2D eigenvalue weighted by molar-refractivity contribution is 5.97. The number of rotatable bonds is 6. The minimum atomic E-state index is -0.604. The highest BCUT2D eigenvalue weighted by Crippen LogP contribution is 2.44. The lowest BCUT2D eigenvalue weighted by atomic mass is 10.1. The molecule has 1 unspecified atom stereocenters. The van der Waals surface area contributed by atoms with Crippen molar-refractivity contribution in [2.24, 2.45) is 5.41 Å². The molecule has 1 aromatic rings. The molecule has 5 nitrogen and oxygen atoms in total. The summed E-state index contributed by atoms with van der Waals surface area (Å²) in [5, 5.41) is 14.7. The largest absolute Gasteiger partial charge is 0.396 e.